The molecule has 0 aliphatic heterocycles. The predicted molar refractivity (Wildman–Crippen MR) is 102 cm³/mol. The van der Waals surface area contributed by atoms with Crippen molar-refractivity contribution in [2.45, 2.75) is 0 Å². The van der Waals surface area contributed by atoms with Crippen molar-refractivity contribution in [3.63, 3.8) is 0 Å². The van der Waals surface area contributed by atoms with Crippen LogP contribution in [0.4, 0.5) is 5.69 Å². The van der Waals surface area contributed by atoms with Crippen LogP contribution in [0.15, 0.2) is 59.8 Å². The van der Waals surface area contributed by atoms with Gasteiger partial charge in [0.2, 0.25) is 0 Å². The fourth-order valence-corrected chi connectivity index (χ4v) is 2.52. The molecule has 23 heavy (non-hydrogen) atoms. The molecule has 3 N–H and O–H groups in total. The summed E-state index contributed by atoms with van der Waals surface area (Å²) in [6.07, 6.45) is 3.51. The van der Waals surface area contributed by atoms with E-state index in [1.807, 2.05) is 54.7 Å². The molecule has 0 bridgehead atoms. The average molecular weight is 418 g/mol. The normalized spacial score (nSPS) is 11.0. The second-order valence-corrected chi connectivity index (χ2v) is 6.19. The number of aromatic nitrogens is 1. The number of H-pyrrole nitrogens is 1. The van der Waals surface area contributed by atoms with Crippen molar-refractivity contribution >= 4 is 51.3 Å². The maximum absolute atomic E-state index is 11.8. The lowest BCUT2D eigenvalue weighted by Crippen LogP contribution is -2.25. The minimum atomic E-state index is -0.195. The second-order valence-electron chi connectivity index (χ2n) is 4.94. The van der Waals surface area contributed by atoms with E-state index in [4.69, 9.17) is 0 Å². The highest BCUT2D eigenvalue weighted by Gasteiger charge is 2.01. The van der Waals surface area contributed by atoms with Gasteiger partial charge in [-0.05, 0) is 52.9 Å². The van der Waals surface area contributed by atoms with E-state index in [1.165, 1.54) is 0 Å². The number of rotatable bonds is 5. The first kappa shape index (κ1) is 15.5. The molecule has 0 saturated heterocycles. The molecule has 0 spiro atoms. The summed E-state index contributed by atoms with van der Waals surface area (Å²) >= 11 is 2.24. The van der Waals surface area contributed by atoms with Gasteiger partial charge in [0.1, 0.15) is 0 Å². The van der Waals surface area contributed by atoms with Crippen LogP contribution < -0.4 is 10.7 Å². The highest BCUT2D eigenvalue weighted by molar-refractivity contribution is 14.1. The van der Waals surface area contributed by atoms with Crippen molar-refractivity contribution in [3.05, 3.63) is 63.9 Å². The Morgan fingerprint density at radius 3 is 2.78 bits per heavy atom. The number of aromatic amines is 1. The first-order valence-electron chi connectivity index (χ1n) is 7.10. The van der Waals surface area contributed by atoms with Crippen molar-refractivity contribution in [2.75, 3.05) is 11.9 Å². The number of nitrogens with one attached hydrogen (secondary N) is 3. The number of fused-ring (bicyclic) bond motifs is 1. The minimum absolute atomic E-state index is 0.172. The summed E-state index contributed by atoms with van der Waals surface area (Å²) < 4.78 is 1.15. The van der Waals surface area contributed by atoms with Gasteiger partial charge in [0.25, 0.3) is 5.91 Å². The maximum Gasteiger partial charge on any atom is 0.259 e. The van der Waals surface area contributed by atoms with Crippen molar-refractivity contribution < 1.29 is 4.79 Å². The number of carbonyl (C=O) groups excluding carboxylic acids is 1. The van der Waals surface area contributed by atoms with Crippen molar-refractivity contribution in [1.29, 1.82) is 0 Å². The smallest absolute Gasteiger partial charge is 0.259 e. The van der Waals surface area contributed by atoms with Gasteiger partial charge in [-0.25, -0.2) is 5.43 Å². The van der Waals surface area contributed by atoms with Crippen LogP contribution in [0.1, 0.15) is 5.56 Å². The van der Waals surface area contributed by atoms with Crippen molar-refractivity contribution in [1.82, 2.24) is 10.4 Å². The molecule has 0 saturated carbocycles. The van der Waals surface area contributed by atoms with Crippen LogP contribution >= 0.6 is 22.6 Å². The highest BCUT2D eigenvalue weighted by Crippen LogP contribution is 2.15. The van der Waals surface area contributed by atoms with Crippen LogP contribution in [0.2, 0.25) is 0 Å². The molecule has 0 aliphatic rings. The number of carbonyl (C=O) groups is 1. The molecule has 116 valence electrons. The monoisotopic (exact) mass is 418 g/mol. The molecule has 0 aliphatic carbocycles. The molecule has 3 aromatic rings. The van der Waals surface area contributed by atoms with E-state index < -0.39 is 0 Å². The van der Waals surface area contributed by atoms with Gasteiger partial charge in [-0.15, -0.1) is 0 Å². The van der Waals surface area contributed by atoms with E-state index >= 15 is 0 Å². The molecule has 0 unspecified atom stereocenters. The SMILES string of the molecule is O=C(CNc1ccc(I)cc1)N/N=C\c1c[nH]c2ccccc12. The van der Waals surface area contributed by atoms with E-state index in [-0.39, 0.29) is 12.5 Å². The van der Waals surface area contributed by atoms with Gasteiger partial charge >= 0.3 is 0 Å². The second kappa shape index (κ2) is 7.28. The number of hydrazone groups is 1. The predicted octanol–water partition coefficient (Wildman–Crippen LogP) is 3.33. The molecule has 6 heteroatoms. The summed E-state index contributed by atoms with van der Waals surface area (Å²) in [5.74, 6) is -0.195. The Labute approximate surface area is 147 Å². The number of benzene rings is 2. The number of halogens is 1. The van der Waals surface area contributed by atoms with Crippen molar-refractivity contribution in [2.24, 2.45) is 5.10 Å². The molecule has 0 atom stereocenters. The zero-order valence-corrected chi connectivity index (χ0v) is 14.4. The third-order valence-corrected chi connectivity index (χ3v) is 4.03. The minimum Gasteiger partial charge on any atom is -0.376 e. The number of nitrogens with zero attached hydrogens (tertiary/aromatic N) is 1. The first-order valence-corrected chi connectivity index (χ1v) is 8.18. The third kappa shape index (κ3) is 4.10. The van der Waals surface area contributed by atoms with Gasteiger partial charge in [0.05, 0.1) is 12.8 Å². The zero-order chi connectivity index (χ0) is 16.1. The lowest BCUT2D eigenvalue weighted by molar-refractivity contribution is -0.119. The number of hydrogen-bond acceptors (Lipinski definition) is 3. The van der Waals surface area contributed by atoms with E-state index in [2.05, 4.69) is 43.4 Å². The summed E-state index contributed by atoms with van der Waals surface area (Å²) in [7, 11) is 0. The Balaban J connectivity index is 1.53. The van der Waals surface area contributed by atoms with Gasteiger partial charge in [-0.3, -0.25) is 4.79 Å². The first-order chi connectivity index (χ1) is 11.2. The van der Waals surface area contributed by atoms with Crippen LogP contribution in [0.5, 0.6) is 0 Å². The molecule has 0 fully saturated rings. The van der Waals surface area contributed by atoms with E-state index in [0.717, 1.165) is 25.7 Å². The Morgan fingerprint density at radius 1 is 1.17 bits per heavy atom. The largest absolute Gasteiger partial charge is 0.376 e. The quantitative estimate of drug-likeness (QED) is 0.338. The number of amides is 1. The van der Waals surface area contributed by atoms with E-state index in [1.54, 1.807) is 6.21 Å². The molecule has 1 amide bonds. The van der Waals surface area contributed by atoms with Crippen molar-refractivity contribution in [3.8, 4) is 0 Å². The molecule has 1 aromatic heterocycles. The van der Waals surface area contributed by atoms with Gasteiger partial charge < -0.3 is 10.3 Å². The number of anilines is 1. The Morgan fingerprint density at radius 2 is 1.96 bits per heavy atom. The van der Waals surface area contributed by atoms with Crippen LogP contribution in [0, 0.1) is 3.57 Å². The van der Waals surface area contributed by atoms with Crippen LogP contribution in [-0.4, -0.2) is 23.7 Å². The summed E-state index contributed by atoms with van der Waals surface area (Å²) in [5.41, 5.74) is 5.40. The van der Waals surface area contributed by atoms with E-state index in [9.17, 15) is 4.79 Å². The molecule has 5 nitrogen and oxygen atoms in total. The molecular weight excluding hydrogens is 403 g/mol. The number of hydrogen-bond donors (Lipinski definition) is 3. The Hall–Kier alpha value is -2.35. The van der Waals surface area contributed by atoms with E-state index in [0.29, 0.717) is 0 Å². The molecule has 3 rings (SSSR count). The summed E-state index contributed by atoms with van der Waals surface area (Å²) in [6.45, 7) is 0.172. The molecular formula is C17H15IN4O. The summed E-state index contributed by atoms with van der Waals surface area (Å²) in [6, 6.07) is 15.8. The Bertz CT molecular complexity index is 839. The lowest BCUT2D eigenvalue weighted by Gasteiger charge is -2.04. The number of para-hydroxylation sites is 1. The molecule has 0 radical (unpaired) electrons. The highest BCUT2D eigenvalue weighted by atomic mass is 127. The van der Waals surface area contributed by atoms with Crippen LogP contribution in [0.25, 0.3) is 10.9 Å². The Kier molecular flexibility index (Phi) is 4.92. The summed E-state index contributed by atoms with van der Waals surface area (Å²) in [5, 5.41) is 8.13. The summed E-state index contributed by atoms with van der Waals surface area (Å²) in [4.78, 5) is 14.9. The average Bonchev–Trinajstić information content (AvgIpc) is 2.98. The van der Waals surface area contributed by atoms with Crippen LogP contribution in [-0.2, 0) is 4.79 Å². The van der Waals surface area contributed by atoms with Gasteiger partial charge in [0.15, 0.2) is 0 Å². The zero-order valence-electron chi connectivity index (χ0n) is 12.2. The third-order valence-electron chi connectivity index (χ3n) is 3.31. The van der Waals surface area contributed by atoms with Gasteiger partial charge in [-0.2, -0.15) is 5.10 Å². The molecule has 1 heterocycles. The fraction of sp³-hybridized carbons (Fsp3) is 0.0588. The van der Waals surface area contributed by atoms with Crippen LogP contribution in [0.3, 0.4) is 0 Å². The topological polar surface area (TPSA) is 69.3 Å². The van der Waals surface area contributed by atoms with Gasteiger partial charge in [0, 0.05) is 31.9 Å². The standard InChI is InChI=1S/C17H15IN4O/c18-13-5-7-14(8-6-13)19-11-17(23)22-21-10-12-9-20-16-4-2-1-3-15(12)16/h1-10,19-20H,11H2,(H,22,23)/b21-10-. The lowest BCUT2D eigenvalue weighted by atomic mass is 10.2. The van der Waals surface area contributed by atoms with Gasteiger partial charge in [-0.1, -0.05) is 18.2 Å². The fourth-order valence-electron chi connectivity index (χ4n) is 2.16. The molecule has 2 aromatic carbocycles. The maximum atomic E-state index is 11.8.